The molecule has 2 heterocycles. The lowest BCUT2D eigenvalue weighted by Gasteiger charge is -2.38. The van der Waals surface area contributed by atoms with Crippen LogP contribution in [-0.4, -0.2) is 39.9 Å². The van der Waals surface area contributed by atoms with Gasteiger partial charge in [0.15, 0.2) is 5.78 Å². The monoisotopic (exact) mass is 338 g/mol. The summed E-state index contributed by atoms with van der Waals surface area (Å²) in [6.45, 7) is 10.3. The molecule has 6 heteroatoms. The van der Waals surface area contributed by atoms with E-state index >= 15 is 0 Å². The summed E-state index contributed by atoms with van der Waals surface area (Å²) in [6.07, 6.45) is 1.76. The Kier molecular flexibility index (Phi) is 5.45. The van der Waals surface area contributed by atoms with Crippen LogP contribution in [0.25, 0.3) is 0 Å². The van der Waals surface area contributed by atoms with Crippen LogP contribution in [0, 0.1) is 12.8 Å². The maximum atomic E-state index is 12.5. The molecule has 128 valence electrons. The molecular weight excluding hydrogens is 312 g/mol. The molecule has 1 amide bonds. The minimum absolute atomic E-state index is 0.00186. The predicted molar refractivity (Wildman–Crippen MR) is 90.9 cm³/mol. The fraction of sp³-hybridized carbons (Fsp3) is 0.706. The van der Waals surface area contributed by atoms with Gasteiger partial charge in [0.05, 0.1) is 5.01 Å². The van der Waals surface area contributed by atoms with Crippen LogP contribution in [0.15, 0.2) is 5.38 Å². The lowest BCUT2D eigenvalue weighted by atomic mass is 9.89. The van der Waals surface area contributed by atoms with E-state index in [9.17, 15) is 9.59 Å². The summed E-state index contributed by atoms with van der Waals surface area (Å²) < 4.78 is 5.50. The minimum atomic E-state index is -0.527. The number of amides is 1. The Labute approximate surface area is 142 Å². The van der Waals surface area contributed by atoms with Gasteiger partial charge >= 0.3 is 6.09 Å². The summed E-state index contributed by atoms with van der Waals surface area (Å²) in [7, 11) is 0. The van der Waals surface area contributed by atoms with Gasteiger partial charge in [-0.1, -0.05) is 6.92 Å². The van der Waals surface area contributed by atoms with Crippen molar-refractivity contribution in [1.82, 2.24) is 9.88 Å². The van der Waals surface area contributed by atoms with Crippen LogP contribution in [0.4, 0.5) is 4.79 Å². The SMILES string of the molecule is Cc1nc(C(=O)CC2CC(C)CCN2C(=O)OC(C)(C)C)cs1. The zero-order valence-electron chi connectivity index (χ0n) is 14.6. The van der Waals surface area contributed by atoms with Crippen LogP contribution in [0.1, 0.15) is 62.5 Å². The molecular formula is C17H26N2O3S. The number of carbonyl (C=O) groups excluding carboxylic acids is 2. The van der Waals surface area contributed by atoms with Crippen LogP contribution in [0.2, 0.25) is 0 Å². The van der Waals surface area contributed by atoms with E-state index in [0.717, 1.165) is 17.8 Å². The summed E-state index contributed by atoms with van der Waals surface area (Å²) in [5.74, 6) is 0.505. The minimum Gasteiger partial charge on any atom is -0.444 e. The van der Waals surface area contributed by atoms with Crippen molar-refractivity contribution in [3.63, 3.8) is 0 Å². The number of nitrogens with zero attached hydrogens (tertiary/aromatic N) is 2. The van der Waals surface area contributed by atoms with Crippen LogP contribution >= 0.6 is 11.3 Å². The van der Waals surface area contributed by atoms with Gasteiger partial charge in [-0.2, -0.15) is 0 Å². The van der Waals surface area contributed by atoms with E-state index in [1.807, 2.05) is 27.7 Å². The van der Waals surface area contributed by atoms with Crippen molar-refractivity contribution >= 4 is 23.2 Å². The molecule has 0 aromatic carbocycles. The molecule has 2 atom stereocenters. The number of aryl methyl sites for hydroxylation is 1. The second-order valence-corrected chi connectivity index (χ2v) is 8.40. The van der Waals surface area contributed by atoms with E-state index in [0.29, 0.717) is 24.6 Å². The first-order valence-electron chi connectivity index (χ1n) is 8.10. The third kappa shape index (κ3) is 5.03. The Morgan fingerprint density at radius 1 is 1.43 bits per heavy atom. The Hall–Kier alpha value is -1.43. The number of piperidine rings is 1. The molecule has 0 aliphatic carbocycles. The molecule has 1 saturated heterocycles. The third-order valence-corrected chi connectivity index (χ3v) is 4.71. The Bertz CT molecular complexity index is 577. The van der Waals surface area contributed by atoms with Crippen LogP contribution in [-0.2, 0) is 4.74 Å². The maximum absolute atomic E-state index is 12.5. The molecule has 2 unspecified atom stereocenters. The Balaban J connectivity index is 2.08. The van der Waals surface area contributed by atoms with Crippen LogP contribution in [0.3, 0.4) is 0 Å². The molecule has 0 spiro atoms. The number of ether oxygens (including phenoxy) is 1. The summed E-state index contributed by atoms with van der Waals surface area (Å²) in [5, 5.41) is 2.68. The smallest absolute Gasteiger partial charge is 0.410 e. The van der Waals surface area contributed by atoms with E-state index in [2.05, 4.69) is 11.9 Å². The third-order valence-electron chi connectivity index (χ3n) is 3.93. The first-order chi connectivity index (χ1) is 10.7. The fourth-order valence-corrected chi connectivity index (χ4v) is 3.43. The lowest BCUT2D eigenvalue weighted by molar-refractivity contribution is 0.00512. The number of likely N-dealkylation sites (tertiary alicyclic amines) is 1. The highest BCUT2D eigenvalue weighted by atomic mass is 32.1. The van der Waals surface area contributed by atoms with Gasteiger partial charge in [-0.25, -0.2) is 9.78 Å². The highest BCUT2D eigenvalue weighted by Gasteiger charge is 2.34. The predicted octanol–water partition coefficient (Wildman–Crippen LogP) is 4.06. The normalized spacial score (nSPS) is 22.0. The van der Waals surface area contributed by atoms with Crippen molar-refractivity contribution in [3.05, 3.63) is 16.1 Å². The van der Waals surface area contributed by atoms with Crippen molar-refractivity contribution < 1.29 is 14.3 Å². The van der Waals surface area contributed by atoms with Gasteiger partial charge in [-0.15, -0.1) is 11.3 Å². The number of carbonyl (C=O) groups is 2. The van der Waals surface area contributed by atoms with Gasteiger partial charge < -0.3 is 9.64 Å². The van der Waals surface area contributed by atoms with Gasteiger partial charge in [0.1, 0.15) is 11.3 Å². The standard InChI is InChI=1S/C17H26N2O3S/c1-11-6-7-19(16(21)22-17(3,4)5)13(8-11)9-15(20)14-10-23-12(2)18-14/h10-11,13H,6-9H2,1-5H3. The van der Waals surface area contributed by atoms with E-state index in [1.54, 1.807) is 10.3 Å². The van der Waals surface area contributed by atoms with Gasteiger partial charge in [-0.05, 0) is 46.5 Å². The maximum Gasteiger partial charge on any atom is 0.410 e. The van der Waals surface area contributed by atoms with Gasteiger partial charge in [0, 0.05) is 24.4 Å². The van der Waals surface area contributed by atoms with Crippen LogP contribution < -0.4 is 0 Å². The van der Waals surface area contributed by atoms with E-state index in [-0.39, 0.29) is 17.9 Å². The number of rotatable bonds is 3. The van der Waals surface area contributed by atoms with E-state index < -0.39 is 5.60 Å². The number of aromatic nitrogens is 1. The number of hydrogen-bond acceptors (Lipinski definition) is 5. The van der Waals surface area contributed by atoms with Crippen LogP contribution in [0.5, 0.6) is 0 Å². The number of thiazole rings is 1. The molecule has 1 aromatic heterocycles. The van der Waals surface area contributed by atoms with Gasteiger partial charge in [-0.3, -0.25) is 4.79 Å². The number of hydrogen-bond donors (Lipinski definition) is 0. The Morgan fingerprint density at radius 3 is 2.70 bits per heavy atom. The van der Waals surface area contributed by atoms with Crippen molar-refractivity contribution in [1.29, 1.82) is 0 Å². The van der Waals surface area contributed by atoms with Crippen molar-refractivity contribution in [2.45, 2.75) is 65.5 Å². The fourth-order valence-electron chi connectivity index (χ4n) is 2.82. The second kappa shape index (κ2) is 6.99. The van der Waals surface area contributed by atoms with Crippen molar-refractivity contribution in [2.75, 3.05) is 6.54 Å². The zero-order valence-corrected chi connectivity index (χ0v) is 15.4. The average molecular weight is 338 g/mol. The number of Topliss-reactive ketones (excluding diaryl/α,β-unsaturated/α-hetero) is 1. The van der Waals surface area contributed by atoms with Gasteiger partial charge in [0.25, 0.3) is 0 Å². The van der Waals surface area contributed by atoms with E-state index in [4.69, 9.17) is 4.74 Å². The largest absolute Gasteiger partial charge is 0.444 e. The molecule has 23 heavy (non-hydrogen) atoms. The summed E-state index contributed by atoms with van der Waals surface area (Å²) in [4.78, 5) is 30.9. The van der Waals surface area contributed by atoms with E-state index in [1.165, 1.54) is 11.3 Å². The average Bonchev–Trinajstić information content (AvgIpc) is 2.83. The lowest BCUT2D eigenvalue weighted by Crippen LogP contribution is -2.48. The highest BCUT2D eigenvalue weighted by Crippen LogP contribution is 2.27. The molecule has 0 bridgehead atoms. The summed E-state index contributed by atoms with van der Waals surface area (Å²) in [5.41, 5.74) is -0.0179. The Morgan fingerprint density at radius 2 is 2.13 bits per heavy atom. The second-order valence-electron chi connectivity index (χ2n) is 7.34. The zero-order chi connectivity index (χ0) is 17.2. The molecule has 2 rings (SSSR count). The quantitative estimate of drug-likeness (QED) is 0.780. The highest BCUT2D eigenvalue weighted by molar-refractivity contribution is 7.09. The molecule has 1 aliphatic rings. The van der Waals surface area contributed by atoms with Crippen molar-refractivity contribution in [2.24, 2.45) is 5.92 Å². The van der Waals surface area contributed by atoms with Crippen molar-refractivity contribution in [3.8, 4) is 0 Å². The molecule has 0 N–H and O–H groups in total. The molecule has 1 fully saturated rings. The summed E-state index contributed by atoms with van der Waals surface area (Å²) >= 11 is 1.47. The number of ketones is 1. The molecule has 1 aliphatic heterocycles. The molecule has 0 saturated carbocycles. The molecule has 0 radical (unpaired) electrons. The molecule has 5 nitrogen and oxygen atoms in total. The first-order valence-corrected chi connectivity index (χ1v) is 8.98. The summed E-state index contributed by atoms with van der Waals surface area (Å²) in [6, 6.07) is -0.108. The first kappa shape index (κ1) is 17.9. The van der Waals surface area contributed by atoms with Gasteiger partial charge in [0.2, 0.25) is 0 Å². The topological polar surface area (TPSA) is 59.5 Å². The molecule has 1 aromatic rings.